The molecule has 1 N–H and O–H groups in total. The Labute approximate surface area is 195 Å². The predicted octanol–water partition coefficient (Wildman–Crippen LogP) is 1.19. The quantitative estimate of drug-likeness (QED) is 0.328. The third-order valence-corrected chi connectivity index (χ3v) is 8.90. The van der Waals surface area contributed by atoms with Crippen molar-refractivity contribution in [3.8, 4) is 0 Å². The van der Waals surface area contributed by atoms with Crippen molar-refractivity contribution in [2.75, 3.05) is 11.5 Å². The Bertz CT molecular complexity index is 1120. The van der Waals surface area contributed by atoms with Gasteiger partial charge in [0.05, 0.1) is 16.0 Å². The molecule has 13 heteroatoms. The molecule has 0 saturated carbocycles. The minimum atomic E-state index is -1.29. The second kappa shape index (κ2) is 9.55. The van der Waals surface area contributed by atoms with Crippen molar-refractivity contribution in [3.63, 3.8) is 0 Å². The maximum absolute atomic E-state index is 12.8. The van der Waals surface area contributed by atoms with Crippen LogP contribution in [0.3, 0.4) is 0 Å². The molecule has 2 unspecified atom stereocenters. The summed E-state index contributed by atoms with van der Waals surface area (Å²) in [6.45, 7) is 1.78. The molecular formula is C19H20N6O4S3. The number of carboxylic acid groups (broad SMARTS) is 1. The van der Waals surface area contributed by atoms with Gasteiger partial charge in [0.15, 0.2) is 6.04 Å². The zero-order valence-electron chi connectivity index (χ0n) is 17.2. The summed E-state index contributed by atoms with van der Waals surface area (Å²) in [5, 5.41) is 20.8. The van der Waals surface area contributed by atoms with Crippen molar-refractivity contribution in [1.82, 2.24) is 25.1 Å². The molecule has 2 aromatic rings. The summed E-state index contributed by atoms with van der Waals surface area (Å²) in [5.74, 6) is -0.681. The number of aliphatic carboxylic acids is 1. The van der Waals surface area contributed by atoms with E-state index in [1.165, 1.54) is 33.1 Å². The molecule has 0 bridgehead atoms. The first-order valence-electron chi connectivity index (χ1n) is 9.62. The summed E-state index contributed by atoms with van der Waals surface area (Å²) in [7, 11) is 0.414. The van der Waals surface area contributed by atoms with Gasteiger partial charge in [0.25, 0.3) is 5.91 Å². The standard InChI is InChI=1S/C19H20N6O4S3/c1-11(32(29)13-6-4-3-5-7-13)8-20-14-16(26)25-15(18(27)28)12(9-30-17(14)25)10-31-19-21-22-23-24(19)2/h3-8,11,14,17H,9-10H2,1-2H3,(H,27,28)/t11?,14-,17+,32?/m1/s1. The van der Waals surface area contributed by atoms with Gasteiger partial charge in [0.2, 0.25) is 5.16 Å². The van der Waals surface area contributed by atoms with Crippen LogP contribution in [0, 0.1) is 0 Å². The molecule has 1 fully saturated rings. The number of rotatable bonds is 8. The third-order valence-electron chi connectivity index (χ3n) is 4.95. The highest BCUT2D eigenvalue weighted by Crippen LogP contribution is 2.42. The minimum absolute atomic E-state index is 0.00809. The molecule has 4 atom stereocenters. The Kier molecular flexibility index (Phi) is 6.76. The number of nitrogens with zero attached hydrogens (tertiary/aromatic N) is 6. The van der Waals surface area contributed by atoms with E-state index in [-0.39, 0.29) is 22.2 Å². The van der Waals surface area contributed by atoms with E-state index in [0.29, 0.717) is 27.1 Å². The SMILES string of the molecule is CC(C=N[C@@H]1C(=O)N2C(C(=O)O)=C(CSc3nnnn3C)CS[C@@H]12)S(=O)c1ccccc1. The second-order valence-electron chi connectivity index (χ2n) is 7.10. The molecular weight excluding hydrogens is 472 g/mol. The van der Waals surface area contributed by atoms with Crippen LogP contribution in [0.4, 0.5) is 0 Å². The average molecular weight is 493 g/mol. The highest BCUT2D eigenvalue weighted by molar-refractivity contribution is 8.01. The number of aromatic nitrogens is 4. The van der Waals surface area contributed by atoms with Gasteiger partial charge in [-0.15, -0.1) is 16.9 Å². The number of aryl methyl sites for hydroxylation is 1. The van der Waals surface area contributed by atoms with Crippen molar-refractivity contribution in [1.29, 1.82) is 0 Å². The van der Waals surface area contributed by atoms with E-state index in [1.54, 1.807) is 32.3 Å². The number of carbonyl (C=O) groups is 2. The van der Waals surface area contributed by atoms with Crippen LogP contribution in [0.15, 0.2) is 56.6 Å². The molecule has 168 valence electrons. The van der Waals surface area contributed by atoms with E-state index < -0.39 is 22.8 Å². The first-order valence-corrected chi connectivity index (χ1v) is 12.9. The Morgan fingerprint density at radius 2 is 2.19 bits per heavy atom. The molecule has 2 aliphatic heterocycles. The van der Waals surface area contributed by atoms with Crippen molar-refractivity contribution < 1.29 is 18.9 Å². The maximum Gasteiger partial charge on any atom is 0.352 e. The lowest BCUT2D eigenvalue weighted by molar-refractivity contribution is -0.147. The zero-order valence-corrected chi connectivity index (χ0v) is 19.6. The van der Waals surface area contributed by atoms with Crippen LogP contribution in [0.2, 0.25) is 0 Å². The summed E-state index contributed by atoms with van der Waals surface area (Å²) in [4.78, 5) is 31.1. The number of aliphatic imine (C=N–C) groups is 1. The number of carboxylic acids is 1. The summed E-state index contributed by atoms with van der Waals surface area (Å²) in [6, 6.07) is 8.38. The normalized spacial score (nSPS) is 22.6. The molecule has 1 saturated heterocycles. The molecule has 1 amide bonds. The lowest BCUT2D eigenvalue weighted by atomic mass is 10.0. The van der Waals surface area contributed by atoms with Crippen LogP contribution < -0.4 is 0 Å². The summed E-state index contributed by atoms with van der Waals surface area (Å²) < 4.78 is 14.1. The van der Waals surface area contributed by atoms with Crippen LogP contribution in [0.25, 0.3) is 0 Å². The number of hydrogen-bond acceptors (Lipinski definition) is 9. The lowest BCUT2D eigenvalue weighted by Crippen LogP contribution is -2.64. The molecule has 4 rings (SSSR count). The first-order chi connectivity index (χ1) is 15.4. The number of amides is 1. The van der Waals surface area contributed by atoms with Gasteiger partial charge in [-0.25, -0.2) is 9.48 Å². The number of hydrogen-bond donors (Lipinski definition) is 1. The number of tetrazole rings is 1. The molecule has 1 aromatic carbocycles. The average Bonchev–Trinajstić information content (AvgIpc) is 3.21. The largest absolute Gasteiger partial charge is 0.477 e. The molecule has 2 aliphatic rings. The molecule has 32 heavy (non-hydrogen) atoms. The van der Waals surface area contributed by atoms with E-state index in [2.05, 4.69) is 20.5 Å². The number of carbonyl (C=O) groups excluding carboxylic acids is 1. The van der Waals surface area contributed by atoms with Gasteiger partial charge < -0.3 is 5.11 Å². The fourth-order valence-electron chi connectivity index (χ4n) is 3.31. The van der Waals surface area contributed by atoms with Crippen LogP contribution in [0.5, 0.6) is 0 Å². The Morgan fingerprint density at radius 3 is 2.84 bits per heavy atom. The van der Waals surface area contributed by atoms with Gasteiger partial charge in [-0.05, 0) is 35.1 Å². The van der Waals surface area contributed by atoms with Gasteiger partial charge in [-0.2, -0.15) is 0 Å². The highest BCUT2D eigenvalue weighted by Gasteiger charge is 2.53. The van der Waals surface area contributed by atoms with Crippen LogP contribution in [0.1, 0.15) is 6.92 Å². The molecule has 0 spiro atoms. The fraction of sp³-hybridized carbons (Fsp3) is 0.368. The Hall–Kier alpha value is -2.51. The van der Waals surface area contributed by atoms with Crippen molar-refractivity contribution in [2.45, 2.75) is 33.6 Å². The molecule has 3 heterocycles. The Balaban J connectivity index is 1.46. The van der Waals surface area contributed by atoms with Crippen LogP contribution in [-0.4, -0.2) is 80.7 Å². The van der Waals surface area contributed by atoms with E-state index in [4.69, 9.17) is 0 Å². The summed E-state index contributed by atoms with van der Waals surface area (Å²) in [6.07, 6.45) is 1.54. The highest BCUT2D eigenvalue weighted by atomic mass is 32.2. The van der Waals surface area contributed by atoms with Crippen molar-refractivity contribution >= 4 is 52.4 Å². The molecule has 0 radical (unpaired) electrons. The van der Waals surface area contributed by atoms with Gasteiger partial charge >= 0.3 is 5.97 Å². The maximum atomic E-state index is 12.8. The second-order valence-corrected chi connectivity index (χ2v) is 11.0. The summed E-state index contributed by atoms with van der Waals surface area (Å²) in [5.41, 5.74) is 0.648. The Morgan fingerprint density at radius 1 is 1.44 bits per heavy atom. The summed E-state index contributed by atoms with van der Waals surface area (Å²) >= 11 is 2.79. The monoisotopic (exact) mass is 492 g/mol. The van der Waals surface area contributed by atoms with Gasteiger partial charge in [0.1, 0.15) is 11.1 Å². The minimum Gasteiger partial charge on any atom is -0.477 e. The van der Waals surface area contributed by atoms with Crippen LogP contribution >= 0.6 is 23.5 Å². The number of benzene rings is 1. The van der Waals surface area contributed by atoms with E-state index >= 15 is 0 Å². The zero-order chi connectivity index (χ0) is 22.8. The van der Waals surface area contributed by atoms with Crippen molar-refractivity contribution in [2.24, 2.45) is 12.0 Å². The number of thioether (sulfide) groups is 2. The topological polar surface area (TPSA) is 131 Å². The molecule has 1 aromatic heterocycles. The third kappa shape index (κ3) is 4.36. The van der Waals surface area contributed by atoms with E-state index in [9.17, 15) is 18.9 Å². The molecule has 0 aliphatic carbocycles. The van der Waals surface area contributed by atoms with Crippen molar-refractivity contribution in [3.05, 3.63) is 41.6 Å². The van der Waals surface area contributed by atoms with E-state index in [1.807, 2.05) is 18.2 Å². The first kappa shape index (κ1) is 22.7. The smallest absolute Gasteiger partial charge is 0.352 e. The number of fused-ring (bicyclic) bond motifs is 1. The van der Waals surface area contributed by atoms with E-state index in [0.717, 1.165) is 0 Å². The van der Waals surface area contributed by atoms with Crippen LogP contribution in [-0.2, 0) is 27.4 Å². The van der Waals surface area contributed by atoms with Gasteiger partial charge in [-0.3, -0.25) is 18.9 Å². The fourth-order valence-corrected chi connectivity index (χ4v) is 6.67. The van der Waals surface area contributed by atoms with Gasteiger partial charge in [0, 0.05) is 29.7 Å². The lowest BCUT2D eigenvalue weighted by Gasteiger charge is -2.47. The number of β-lactam (4-membered cyclic amide) rings is 1. The predicted molar refractivity (Wildman–Crippen MR) is 122 cm³/mol. The molecule has 10 nitrogen and oxygen atoms in total. The van der Waals surface area contributed by atoms with Gasteiger partial charge in [-0.1, -0.05) is 30.0 Å².